The SMILES string of the molecule is COc1c(C)cnc(CN2CCC3CNCC3C2)c1C.Cl.Cl. The second kappa shape index (κ2) is 8.34. The van der Waals surface area contributed by atoms with Gasteiger partial charge in [-0.05, 0) is 51.7 Å². The van der Waals surface area contributed by atoms with Crippen molar-refractivity contribution >= 4 is 24.8 Å². The van der Waals surface area contributed by atoms with E-state index in [9.17, 15) is 0 Å². The van der Waals surface area contributed by atoms with Crippen molar-refractivity contribution in [2.24, 2.45) is 11.8 Å². The summed E-state index contributed by atoms with van der Waals surface area (Å²) in [7, 11) is 1.74. The van der Waals surface area contributed by atoms with Gasteiger partial charge in [0.15, 0.2) is 0 Å². The first-order chi connectivity index (χ1) is 9.69. The van der Waals surface area contributed by atoms with Gasteiger partial charge in [0.05, 0.1) is 12.8 Å². The van der Waals surface area contributed by atoms with Crippen LogP contribution in [0.4, 0.5) is 0 Å². The highest BCUT2D eigenvalue weighted by Gasteiger charge is 2.32. The van der Waals surface area contributed by atoms with Gasteiger partial charge < -0.3 is 10.1 Å². The Morgan fingerprint density at radius 1 is 1.27 bits per heavy atom. The summed E-state index contributed by atoms with van der Waals surface area (Å²) in [6, 6.07) is 0. The number of aromatic nitrogens is 1. The maximum absolute atomic E-state index is 5.51. The van der Waals surface area contributed by atoms with Crippen LogP contribution in [0, 0.1) is 25.7 Å². The summed E-state index contributed by atoms with van der Waals surface area (Å²) < 4.78 is 5.51. The molecular weight excluding hydrogens is 321 g/mol. The molecule has 3 heterocycles. The van der Waals surface area contributed by atoms with Gasteiger partial charge in [0, 0.05) is 30.4 Å². The summed E-state index contributed by atoms with van der Waals surface area (Å²) in [6.45, 7) is 9.93. The molecule has 2 unspecified atom stereocenters. The number of likely N-dealkylation sites (tertiary alicyclic amines) is 1. The molecule has 2 aliphatic rings. The lowest BCUT2D eigenvalue weighted by atomic mass is 9.88. The molecule has 22 heavy (non-hydrogen) atoms. The Balaban J connectivity index is 0.00000121. The van der Waals surface area contributed by atoms with Gasteiger partial charge in [-0.25, -0.2) is 0 Å². The zero-order valence-corrected chi connectivity index (χ0v) is 15.2. The van der Waals surface area contributed by atoms with Crippen LogP contribution in [-0.4, -0.2) is 43.2 Å². The third-order valence-corrected chi connectivity index (χ3v) is 4.91. The Kier molecular flexibility index (Phi) is 7.39. The Hall–Kier alpha value is -0.550. The number of nitrogens with one attached hydrogen (secondary N) is 1. The third-order valence-electron chi connectivity index (χ3n) is 4.91. The number of hydrogen-bond acceptors (Lipinski definition) is 4. The fraction of sp³-hybridized carbons (Fsp3) is 0.688. The smallest absolute Gasteiger partial charge is 0.128 e. The number of halogens is 2. The van der Waals surface area contributed by atoms with Gasteiger partial charge in [-0.3, -0.25) is 9.88 Å². The molecule has 2 aliphatic heterocycles. The Bertz CT molecular complexity index is 499. The van der Waals surface area contributed by atoms with Crippen molar-refractivity contribution < 1.29 is 4.74 Å². The Morgan fingerprint density at radius 2 is 2.00 bits per heavy atom. The number of pyridine rings is 1. The lowest BCUT2D eigenvalue weighted by Gasteiger charge is -2.34. The molecular formula is C16H27Cl2N3O. The summed E-state index contributed by atoms with van der Waals surface area (Å²) in [5.41, 5.74) is 3.48. The topological polar surface area (TPSA) is 37.4 Å². The van der Waals surface area contributed by atoms with E-state index >= 15 is 0 Å². The number of piperidine rings is 1. The molecule has 2 atom stereocenters. The van der Waals surface area contributed by atoms with Crippen molar-refractivity contribution in [3.05, 3.63) is 23.0 Å². The van der Waals surface area contributed by atoms with E-state index < -0.39 is 0 Å². The predicted molar refractivity (Wildman–Crippen MR) is 94.5 cm³/mol. The van der Waals surface area contributed by atoms with Crippen molar-refractivity contribution in [3.63, 3.8) is 0 Å². The maximum Gasteiger partial charge on any atom is 0.128 e. The van der Waals surface area contributed by atoms with E-state index in [4.69, 9.17) is 4.74 Å². The van der Waals surface area contributed by atoms with Gasteiger partial charge in [0.1, 0.15) is 5.75 Å². The van der Waals surface area contributed by atoms with Crippen LogP contribution in [0.15, 0.2) is 6.20 Å². The lowest BCUT2D eigenvalue weighted by Crippen LogP contribution is -2.39. The average molecular weight is 348 g/mol. The molecule has 2 saturated heterocycles. The first kappa shape index (κ1) is 19.5. The molecule has 1 aromatic heterocycles. The molecule has 0 bridgehead atoms. The minimum Gasteiger partial charge on any atom is -0.496 e. The van der Waals surface area contributed by atoms with Gasteiger partial charge in [-0.2, -0.15) is 0 Å². The van der Waals surface area contributed by atoms with Crippen molar-refractivity contribution in [3.8, 4) is 5.75 Å². The van der Waals surface area contributed by atoms with Gasteiger partial charge in [-0.1, -0.05) is 0 Å². The van der Waals surface area contributed by atoms with Crippen molar-refractivity contribution in [1.29, 1.82) is 0 Å². The highest BCUT2D eigenvalue weighted by Crippen LogP contribution is 2.29. The van der Waals surface area contributed by atoms with Crippen LogP contribution in [0.25, 0.3) is 0 Å². The number of methoxy groups -OCH3 is 1. The van der Waals surface area contributed by atoms with E-state index in [0.717, 1.165) is 35.4 Å². The second-order valence-corrected chi connectivity index (χ2v) is 6.25. The molecule has 0 amide bonds. The highest BCUT2D eigenvalue weighted by molar-refractivity contribution is 5.85. The number of rotatable bonds is 3. The number of aryl methyl sites for hydroxylation is 1. The summed E-state index contributed by atoms with van der Waals surface area (Å²) in [6.07, 6.45) is 3.25. The van der Waals surface area contributed by atoms with E-state index in [1.165, 1.54) is 38.2 Å². The van der Waals surface area contributed by atoms with Crippen molar-refractivity contribution in [2.45, 2.75) is 26.8 Å². The fourth-order valence-corrected chi connectivity index (χ4v) is 3.70. The zero-order chi connectivity index (χ0) is 14.1. The second-order valence-electron chi connectivity index (χ2n) is 6.25. The lowest BCUT2D eigenvalue weighted by molar-refractivity contribution is 0.140. The monoisotopic (exact) mass is 347 g/mol. The molecule has 2 fully saturated rings. The minimum atomic E-state index is 0. The van der Waals surface area contributed by atoms with Gasteiger partial charge in [0.2, 0.25) is 0 Å². The van der Waals surface area contributed by atoms with Crippen LogP contribution in [0.2, 0.25) is 0 Å². The van der Waals surface area contributed by atoms with Gasteiger partial charge >= 0.3 is 0 Å². The van der Waals surface area contributed by atoms with Gasteiger partial charge in [-0.15, -0.1) is 24.8 Å². The van der Waals surface area contributed by atoms with Crippen LogP contribution < -0.4 is 10.1 Å². The fourth-order valence-electron chi connectivity index (χ4n) is 3.70. The zero-order valence-electron chi connectivity index (χ0n) is 13.6. The molecule has 3 rings (SSSR count). The molecule has 0 aliphatic carbocycles. The Morgan fingerprint density at radius 3 is 2.73 bits per heavy atom. The van der Waals surface area contributed by atoms with Gasteiger partial charge in [0.25, 0.3) is 0 Å². The summed E-state index contributed by atoms with van der Waals surface area (Å²) >= 11 is 0. The summed E-state index contributed by atoms with van der Waals surface area (Å²) in [5.74, 6) is 2.72. The largest absolute Gasteiger partial charge is 0.496 e. The minimum absolute atomic E-state index is 0. The third kappa shape index (κ3) is 3.85. The molecule has 0 spiro atoms. The maximum atomic E-state index is 5.51. The highest BCUT2D eigenvalue weighted by atomic mass is 35.5. The van der Waals surface area contributed by atoms with Crippen LogP contribution >= 0.6 is 24.8 Å². The van der Waals surface area contributed by atoms with Crippen molar-refractivity contribution in [1.82, 2.24) is 15.2 Å². The van der Waals surface area contributed by atoms with Crippen molar-refractivity contribution in [2.75, 3.05) is 33.3 Å². The molecule has 0 radical (unpaired) electrons. The van der Waals surface area contributed by atoms with E-state index in [2.05, 4.69) is 29.0 Å². The predicted octanol–water partition coefficient (Wildman–Crippen LogP) is 2.59. The molecule has 0 aromatic carbocycles. The van der Waals surface area contributed by atoms with E-state index in [0.29, 0.717) is 0 Å². The first-order valence-electron chi connectivity index (χ1n) is 7.61. The Labute approximate surface area is 145 Å². The average Bonchev–Trinajstić information content (AvgIpc) is 2.90. The normalized spacial score (nSPS) is 24.1. The molecule has 126 valence electrons. The van der Waals surface area contributed by atoms with E-state index in [1.54, 1.807) is 7.11 Å². The van der Waals surface area contributed by atoms with Crippen LogP contribution in [0.5, 0.6) is 5.75 Å². The number of hydrogen-bond donors (Lipinski definition) is 1. The molecule has 1 aromatic rings. The number of nitrogens with zero attached hydrogens (tertiary/aromatic N) is 2. The molecule has 0 saturated carbocycles. The first-order valence-corrected chi connectivity index (χ1v) is 7.61. The van der Waals surface area contributed by atoms with Crippen LogP contribution in [-0.2, 0) is 6.54 Å². The quantitative estimate of drug-likeness (QED) is 0.911. The van der Waals surface area contributed by atoms with E-state index in [-0.39, 0.29) is 24.8 Å². The molecule has 4 nitrogen and oxygen atoms in total. The van der Waals surface area contributed by atoms with Crippen LogP contribution in [0.1, 0.15) is 23.2 Å². The molecule has 1 N–H and O–H groups in total. The van der Waals surface area contributed by atoms with Crippen LogP contribution in [0.3, 0.4) is 0 Å². The van der Waals surface area contributed by atoms with E-state index in [1.807, 2.05) is 6.20 Å². The number of ether oxygens (including phenoxy) is 1. The summed E-state index contributed by atoms with van der Waals surface area (Å²) in [5, 5.41) is 3.52. The number of fused-ring (bicyclic) bond motifs is 1. The molecule has 6 heteroatoms. The standard InChI is InChI=1S/C16H25N3O.2ClH/c1-11-6-18-15(12(2)16(11)20-3)10-19-5-4-13-7-17-8-14(13)9-19;;/h6,13-14,17H,4-5,7-10H2,1-3H3;2*1H. The summed E-state index contributed by atoms with van der Waals surface area (Å²) in [4.78, 5) is 7.18.